The van der Waals surface area contributed by atoms with Crippen LogP contribution in [0.1, 0.15) is 34.6 Å². The number of aryl methyl sites for hydroxylation is 1. The van der Waals surface area contributed by atoms with Gasteiger partial charge in [-0.25, -0.2) is 0 Å². The number of nitrogens with one attached hydrogen (secondary N) is 2. The molecule has 29 heavy (non-hydrogen) atoms. The molecule has 1 heterocycles. The highest BCUT2D eigenvalue weighted by Gasteiger charge is 2.15. The molecule has 0 unspecified atom stereocenters. The maximum absolute atomic E-state index is 12.8. The second kappa shape index (κ2) is 9.01. The molecule has 0 saturated carbocycles. The molecule has 1 aromatic heterocycles. The third kappa shape index (κ3) is 4.99. The van der Waals surface area contributed by atoms with Gasteiger partial charge in [-0.2, -0.15) is 0 Å². The zero-order chi connectivity index (χ0) is 20.8. The Balaban J connectivity index is 1.74. The van der Waals surface area contributed by atoms with E-state index in [9.17, 15) is 14.4 Å². The van der Waals surface area contributed by atoms with Gasteiger partial charge < -0.3 is 15.2 Å². The first kappa shape index (κ1) is 20.1. The standard InChI is InChI=1S/C23H23N3O3/c1-16-13-14-20(25-22(28)19-11-7-4-8-12-19)23(29)26(16)15-21(27)24-17(2)18-9-5-3-6-10-18/h3-14,17H,15H2,1-2H3,(H,24,27)(H,25,28)/t17-/m0/s1. The summed E-state index contributed by atoms with van der Waals surface area (Å²) in [5.41, 5.74) is 1.78. The molecule has 6 heteroatoms. The normalized spacial score (nSPS) is 11.5. The van der Waals surface area contributed by atoms with Gasteiger partial charge >= 0.3 is 0 Å². The van der Waals surface area contributed by atoms with Crippen LogP contribution in [0.15, 0.2) is 77.6 Å². The van der Waals surface area contributed by atoms with Gasteiger partial charge in [-0.05, 0) is 43.7 Å². The van der Waals surface area contributed by atoms with Crippen LogP contribution in [-0.2, 0) is 11.3 Å². The molecule has 0 spiro atoms. The SMILES string of the molecule is Cc1ccc(NC(=O)c2ccccc2)c(=O)n1CC(=O)N[C@@H](C)c1ccccc1. The third-order valence-corrected chi connectivity index (χ3v) is 4.66. The molecule has 0 aliphatic carbocycles. The van der Waals surface area contributed by atoms with Crippen molar-refractivity contribution in [3.8, 4) is 0 Å². The molecule has 0 aliphatic rings. The number of carbonyl (C=O) groups is 2. The summed E-state index contributed by atoms with van der Waals surface area (Å²) in [7, 11) is 0. The lowest BCUT2D eigenvalue weighted by atomic mass is 10.1. The van der Waals surface area contributed by atoms with Gasteiger partial charge in [-0.1, -0.05) is 48.5 Å². The Bertz CT molecular complexity index is 1060. The van der Waals surface area contributed by atoms with Gasteiger partial charge in [0.2, 0.25) is 5.91 Å². The lowest BCUT2D eigenvalue weighted by Crippen LogP contribution is -2.35. The average Bonchev–Trinajstić information content (AvgIpc) is 2.74. The molecular formula is C23H23N3O3. The molecule has 148 valence electrons. The molecule has 0 radical (unpaired) electrons. The minimum Gasteiger partial charge on any atom is -0.348 e. The van der Waals surface area contributed by atoms with Gasteiger partial charge in [-0.15, -0.1) is 0 Å². The fourth-order valence-corrected chi connectivity index (χ4v) is 3.00. The number of carbonyl (C=O) groups excluding carboxylic acids is 2. The van der Waals surface area contributed by atoms with Crippen LogP contribution in [0, 0.1) is 6.92 Å². The van der Waals surface area contributed by atoms with Crippen molar-refractivity contribution in [1.82, 2.24) is 9.88 Å². The first-order chi connectivity index (χ1) is 14.0. The van der Waals surface area contributed by atoms with Crippen LogP contribution in [-0.4, -0.2) is 16.4 Å². The number of amides is 2. The quantitative estimate of drug-likeness (QED) is 0.679. The van der Waals surface area contributed by atoms with Crippen molar-refractivity contribution in [3.63, 3.8) is 0 Å². The van der Waals surface area contributed by atoms with E-state index in [1.54, 1.807) is 43.3 Å². The molecule has 6 nitrogen and oxygen atoms in total. The molecule has 3 aromatic rings. The van der Waals surface area contributed by atoms with Crippen molar-refractivity contribution in [2.75, 3.05) is 5.32 Å². The van der Waals surface area contributed by atoms with Crippen molar-refractivity contribution >= 4 is 17.5 Å². The monoisotopic (exact) mass is 389 g/mol. The number of hydrogen-bond acceptors (Lipinski definition) is 3. The molecular weight excluding hydrogens is 366 g/mol. The summed E-state index contributed by atoms with van der Waals surface area (Å²) < 4.78 is 1.35. The number of anilines is 1. The summed E-state index contributed by atoms with van der Waals surface area (Å²) in [4.78, 5) is 37.7. The van der Waals surface area contributed by atoms with Gasteiger partial charge in [0.25, 0.3) is 11.5 Å². The lowest BCUT2D eigenvalue weighted by molar-refractivity contribution is -0.122. The van der Waals surface area contributed by atoms with E-state index < -0.39 is 5.56 Å². The predicted molar refractivity (Wildman–Crippen MR) is 113 cm³/mol. The zero-order valence-corrected chi connectivity index (χ0v) is 16.4. The van der Waals surface area contributed by atoms with Crippen LogP contribution in [0.4, 0.5) is 5.69 Å². The zero-order valence-electron chi connectivity index (χ0n) is 16.4. The summed E-state index contributed by atoms with van der Waals surface area (Å²) in [6, 6.07) is 21.3. The highest BCUT2D eigenvalue weighted by Crippen LogP contribution is 2.11. The van der Waals surface area contributed by atoms with Crippen LogP contribution in [0.5, 0.6) is 0 Å². The maximum atomic E-state index is 12.8. The Kier molecular flexibility index (Phi) is 6.24. The topological polar surface area (TPSA) is 80.2 Å². The van der Waals surface area contributed by atoms with Gasteiger partial charge in [0.1, 0.15) is 12.2 Å². The lowest BCUT2D eigenvalue weighted by Gasteiger charge is -2.16. The molecule has 2 aromatic carbocycles. The summed E-state index contributed by atoms with van der Waals surface area (Å²) in [6.07, 6.45) is 0. The predicted octanol–water partition coefficient (Wildman–Crippen LogP) is 3.29. The Hall–Kier alpha value is -3.67. The minimum absolute atomic E-state index is 0.128. The van der Waals surface area contributed by atoms with E-state index in [2.05, 4.69) is 10.6 Å². The molecule has 3 rings (SSSR count). The van der Waals surface area contributed by atoms with Crippen LogP contribution in [0.3, 0.4) is 0 Å². The van der Waals surface area contributed by atoms with Gasteiger partial charge in [-0.3, -0.25) is 14.4 Å². The largest absolute Gasteiger partial charge is 0.348 e. The molecule has 2 N–H and O–H groups in total. The number of nitrogens with zero attached hydrogens (tertiary/aromatic N) is 1. The van der Waals surface area contributed by atoms with Crippen molar-refractivity contribution < 1.29 is 9.59 Å². The van der Waals surface area contributed by atoms with Gasteiger partial charge in [0, 0.05) is 11.3 Å². The summed E-state index contributed by atoms with van der Waals surface area (Å²) >= 11 is 0. The average molecular weight is 389 g/mol. The molecule has 0 saturated heterocycles. The molecule has 1 atom stereocenters. The summed E-state index contributed by atoms with van der Waals surface area (Å²) in [6.45, 7) is 3.51. The number of rotatable bonds is 6. The van der Waals surface area contributed by atoms with E-state index in [0.717, 1.165) is 5.56 Å². The Morgan fingerprint density at radius 2 is 1.55 bits per heavy atom. The van der Waals surface area contributed by atoms with E-state index in [1.165, 1.54) is 4.57 Å². The Morgan fingerprint density at radius 3 is 2.21 bits per heavy atom. The molecule has 2 amide bonds. The molecule has 0 fully saturated rings. The van der Waals surface area contributed by atoms with Gasteiger partial charge in [0.15, 0.2) is 0 Å². The first-order valence-electron chi connectivity index (χ1n) is 9.37. The fraction of sp³-hybridized carbons (Fsp3) is 0.174. The van der Waals surface area contributed by atoms with E-state index in [0.29, 0.717) is 11.3 Å². The Morgan fingerprint density at radius 1 is 0.931 bits per heavy atom. The van der Waals surface area contributed by atoms with Gasteiger partial charge in [0.05, 0.1) is 6.04 Å². The van der Waals surface area contributed by atoms with Crippen molar-refractivity contribution in [3.05, 3.63) is 100.0 Å². The first-order valence-corrected chi connectivity index (χ1v) is 9.37. The van der Waals surface area contributed by atoms with E-state index in [-0.39, 0.29) is 30.1 Å². The number of benzene rings is 2. The van der Waals surface area contributed by atoms with E-state index in [1.807, 2.05) is 43.3 Å². The maximum Gasteiger partial charge on any atom is 0.274 e. The number of pyridine rings is 1. The smallest absolute Gasteiger partial charge is 0.274 e. The van der Waals surface area contributed by atoms with Crippen molar-refractivity contribution in [2.45, 2.75) is 26.4 Å². The van der Waals surface area contributed by atoms with E-state index >= 15 is 0 Å². The highest BCUT2D eigenvalue weighted by atomic mass is 16.2. The van der Waals surface area contributed by atoms with E-state index in [4.69, 9.17) is 0 Å². The minimum atomic E-state index is -0.420. The molecule has 0 aliphatic heterocycles. The van der Waals surface area contributed by atoms with Crippen molar-refractivity contribution in [1.29, 1.82) is 0 Å². The number of hydrogen-bond donors (Lipinski definition) is 2. The van der Waals surface area contributed by atoms with Crippen LogP contribution in [0.2, 0.25) is 0 Å². The Labute approximate surface area is 169 Å². The number of aromatic nitrogens is 1. The molecule has 0 bridgehead atoms. The second-order valence-electron chi connectivity index (χ2n) is 6.80. The summed E-state index contributed by atoms with van der Waals surface area (Å²) in [5, 5.41) is 5.53. The van der Waals surface area contributed by atoms with Crippen LogP contribution >= 0.6 is 0 Å². The summed E-state index contributed by atoms with van der Waals surface area (Å²) in [5.74, 6) is -0.654. The second-order valence-corrected chi connectivity index (χ2v) is 6.80. The fourth-order valence-electron chi connectivity index (χ4n) is 3.00. The van der Waals surface area contributed by atoms with Crippen molar-refractivity contribution in [2.24, 2.45) is 0 Å². The third-order valence-electron chi connectivity index (χ3n) is 4.66. The van der Waals surface area contributed by atoms with Crippen LogP contribution in [0.25, 0.3) is 0 Å². The van der Waals surface area contributed by atoms with Crippen LogP contribution < -0.4 is 16.2 Å². The highest BCUT2D eigenvalue weighted by molar-refractivity contribution is 6.04.